The summed E-state index contributed by atoms with van der Waals surface area (Å²) < 4.78 is 10.2. The quantitative estimate of drug-likeness (QED) is 0.0736. The molecule has 0 bridgehead atoms. The van der Waals surface area contributed by atoms with Crippen molar-refractivity contribution < 1.29 is 19.1 Å². The second-order valence-electron chi connectivity index (χ2n) is 32.0. The molecule has 0 aliphatic heterocycles. The van der Waals surface area contributed by atoms with Crippen molar-refractivity contribution in [1.29, 1.82) is 0 Å². The molecule has 0 atom stereocenters. The maximum Gasteiger partial charge on any atom is 0.333 e. The summed E-state index contributed by atoms with van der Waals surface area (Å²) >= 11 is 0. The molecule has 0 fully saturated rings. The summed E-state index contributed by atoms with van der Waals surface area (Å²) in [7, 11) is 0. The molecule has 0 spiro atoms. The summed E-state index contributed by atoms with van der Waals surface area (Å²) in [5.74, 6) is -0.228. The van der Waals surface area contributed by atoms with Crippen LogP contribution in [0.5, 0.6) is 0 Å². The van der Waals surface area contributed by atoms with Crippen LogP contribution in [0.4, 0.5) is 0 Å². The zero-order valence-corrected chi connectivity index (χ0v) is 71.2. The molecule has 0 amide bonds. The molecule has 0 saturated heterocycles. The van der Waals surface area contributed by atoms with E-state index >= 15 is 0 Å². The Morgan fingerprint density at radius 1 is 0.343 bits per heavy atom. The van der Waals surface area contributed by atoms with Crippen LogP contribution in [-0.4, -0.2) is 25.2 Å². The van der Waals surface area contributed by atoms with E-state index in [9.17, 15) is 9.59 Å². The van der Waals surface area contributed by atoms with E-state index in [-0.39, 0.29) is 22.8 Å². The van der Waals surface area contributed by atoms with Gasteiger partial charge >= 0.3 is 11.9 Å². The van der Waals surface area contributed by atoms with E-state index in [0.29, 0.717) is 25.2 Å². The molecule has 4 nitrogen and oxygen atoms in total. The highest BCUT2D eigenvalue weighted by atomic mass is 16.5. The Balaban J connectivity index is 0.000000314. The van der Waals surface area contributed by atoms with E-state index in [0.717, 1.165) is 24.8 Å². The van der Waals surface area contributed by atoms with E-state index in [1.807, 2.05) is 34.6 Å². The normalized spacial score (nSPS) is 11.8. The lowest BCUT2D eigenvalue weighted by molar-refractivity contribution is -0.144. The van der Waals surface area contributed by atoms with Gasteiger partial charge in [-0.2, -0.15) is 0 Å². The highest BCUT2D eigenvalue weighted by molar-refractivity contribution is 5.97. The number of carbonyl (C=O) groups excluding carboxylic acids is 2. The fraction of sp³-hybridized carbons (Fsp3) is 0.537. The molecular weight excluding hydrogens is 1210 g/mol. The fourth-order valence-electron chi connectivity index (χ4n) is 14.7. The maximum atomic E-state index is 11.4. The number of allylic oxidation sites excluding steroid dienone is 1. The summed E-state index contributed by atoms with van der Waals surface area (Å²) in [6.07, 6.45) is 7.27. The standard InChI is InChI=1S/C22H30.C21H26.C18H24.C12H18.C11H20O2.C11H22O2/c1-11-13(3)17(7)21(18(8)14(11)4)22-19(9)15(5)12(2)16(6)20(22)10;1-11-9-17-18-10-12(2)14(4)16(6)20(18)21(7,8)19(17)15(5)13(11)3;1-9-10(2)14(6)18-16(8)12(4)11(3)15(7)17(18)13(9)5;1-7-8(2)10(4)12(6)11(5)9(7)3;1-8(2)9(3)10(12)13-7-11(4,5)6;1-3-5-7-8-10-13-11(12)9-6-4-2/h1-10H3;9-10H,1-8H3;1-8H3;1-6H3;7H2,1-6H3;3-10H2,1-2H3. The molecule has 7 aromatic rings. The van der Waals surface area contributed by atoms with Gasteiger partial charge < -0.3 is 9.47 Å². The number of unbranched alkanes of at least 4 members (excludes halogenated alkanes) is 4. The van der Waals surface area contributed by atoms with Crippen LogP contribution in [0.3, 0.4) is 0 Å². The van der Waals surface area contributed by atoms with Crippen molar-refractivity contribution in [3.63, 3.8) is 0 Å². The number of rotatable bonds is 11. The van der Waals surface area contributed by atoms with E-state index in [1.54, 1.807) is 6.92 Å². The molecule has 0 heterocycles. The first-order valence-electron chi connectivity index (χ1n) is 37.4. The molecule has 99 heavy (non-hydrogen) atoms. The number of aryl methyl sites for hydroxylation is 6. The zero-order chi connectivity index (χ0) is 76.4. The van der Waals surface area contributed by atoms with Gasteiger partial charge in [0.05, 0.1) is 13.2 Å². The molecule has 1 aliphatic rings. The summed E-state index contributed by atoms with van der Waals surface area (Å²) in [6.45, 7) is 89.5. The molecule has 7 aromatic carbocycles. The summed E-state index contributed by atoms with van der Waals surface area (Å²) in [4.78, 5) is 22.4. The summed E-state index contributed by atoms with van der Waals surface area (Å²) in [5.41, 5.74) is 54.2. The molecule has 0 radical (unpaired) electrons. The lowest BCUT2D eigenvalue weighted by Crippen LogP contribution is -2.19. The highest BCUT2D eigenvalue weighted by Gasteiger charge is 2.39. The van der Waals surface area contributed by atoms with Gasteiger partial charge in [0.15, 0.2) is 0 Å². The number of esters is 2. The third kappa shape index (κ3) is 19.4. The Morgan fingerprint density at radius 2 is 0.616 bits per heavy atom. The van der Waals surface area contributed by atoms with Crippen LogP contribution in [-0.2, 0) is 24.5 Å². The van der Waals surface area contributed by atoms with Gasteiger partial charge in [0.2, 0.25) is 0 Å². The van der Waals surface area contributed by atoms with Gasteiger partial charge in [0.25, 0.3) is 0 Å². The van der Waals surface area contributed by atoms with Crippen LogP contribution < -0.4 is 0 Å². The molecule has 0 saturated carbocycles. The van der Waals surface area contributed by atoms with Crippen LogP contribution in [0.1, 0.15) is 292 Å². The van der Waals surface area contributed by atoms with Gasteiger partial charge in [-0.15, -0.1) is 0 Å². The largest absolute Gasteiger partial charge is 0.466 e. The lowest BCUT2D eigenvalue weighted by atomic mass is 9.76. The second-order valence-corrected chi connectivity index (χ2v) is 32.0. The fourth-order valence-corrected chi connectivity index (χ4v) is 14.7. The molecule has 4 heteroatoms. The van der Waals surface area contributed by atoms with Gasteiger partial charge in [0.1, 0.15) is 0 Å². The third-order valence-corrected chi connectivity index (χ3v) is 24.3. The van der Waals surface area contributed by atoms with Crippen LogP contribution in [0, 0.1) is 213 Å². The van der Waals surface area contributed by atoms with Gasteiger partial charge in [-0.1, -0.05) is 91.9 Å². The zero-order valence-electron chi connectivity index (χ0n) is 71.2. The molecule has 8 rings (SSSR count). The van der Waals surface area contributed by atoms with Gasteiger partial charge in [-0.05, 0) is 458 Å². The average molecular weight is 1350 g/mol. The number of carbonyl (C=O) groups is 2. The van der Waals surface area contributed by atoms with Crippen molar-refractivity contribution in [2.45, 2.75) is 327 Å². The van der Waals surface area contributed by atoms with Crippen molar-refractivity contribution in [2.75, 3.05) is 13.2 Å². The Morgan fingerprint density at radius 3 is 0.879 bits per heavy atom. The minimum absolute atomic E-state index is 0.0293. The van der Waals surface area contributed by atoms with Crippen LogP contribution >= 0.6 is 0 Å². The smallest absolute Gasteiger partial charge is 0.333 e. The number of fused-ring (bicyclic) bond motifs is 4. The van der Waals surface area contributed by atoms with E-state index in [4.69, 9.17) is 9.47 Å². The maximum absolute atomic E-state index is 11.4. The number of benzene rings is 7. The Labute approximate surface area is 607 Å². The summed E-state index contributed by atoms with van der Waals surface area (Å²) in [6, 6.07) is 4.80. The predicted molar refractivity (Wildman–Crippen MR) is 437 cm³/mol. The topological polar surface area (TPSA) is 52.6 Å². The molecule has 0 aromatic heterocycles. The molecule has 1 aliphatic carbocycles. The lowest BCUT2D eigenvalue weighted by Gasteiger charge is -2.27. The molecule has 544 valence electrons. The number of hydrogen-bond donors (Lipinski definition) is 0. The molecule has 0 N–H and O–H groups in total. The first-order chi connectivity index (χ1) is 45.6. The first kappa shape index (κ1) is 86.7. The van der Waals surface area contributed by atoms with Crippen molar-refractivity contribution in [3.8, 4) is 22.3 Å². The minimum atomic E-state index is -0.199. The SMILES string of the molecule is CC(C)=C(C)C(=O)OCC(C)(C)C.CCCCCCOC(=O)CCCC.Cc1c(C)c(C)c(-c2c(C)c(C)c(C)c(C)c2C)c(C)c1C.Cc1c(C)c(C)c(C)c(C)c1C.Cc1c(C)c(C)c2c(C)c(C)c(C)c(C)c2c1C.Cc1cc2c(c(C)c1C)C(C)(C)c1c-2cc(C)c(C)c1C. The van der Waals surface area contributed by atoms with Crippen molar-refractivity contribution in [1.82, 2.24) is 0 Å². The van der Waals surface area contributed by atoms with Gasteiger partial charge in [-0.25, -0.2) is 4.79 Å². The van der Waals surface area contributed by atoms with E-state index in [1.165, 1.54) is 230 Å². The van der Waals surface area contributed by atoms with Gasteiger partial charge in [0, 0.05) is 17.4 Å². The Hall–Kier alpha value is -6.52. The Kier molecular flexibility index (Phi) is 31.4. The van der Waals surface area contributed by atoms with Crippen molar-refractivity contribution in [2.24, 2.45) is 5.41 Å². The highest BCUT2D eigenvalue weighted by Crippen LogP contribution is 2.53. The first-order valence-corrected chi connectivity index (χ1v) is 37.4. The predicted octanol–water partition coefficient (Wildman–Crippen LogP) is 27.4. The molecular formula is C95H140O4. The molecule has 0 unspecified atom stereocenters. The van der Waals surface area contributed by atoms with Crippen molar-refractivity contribution >= 4 is 22.7 Å². The van der Waals surface area contributed by atoms with Crippen molar-refractivity contribution in [3.05, 3.63) is 201 Å². The third-order valence-electron chi connectivity index (χ3n) is 24.3. The van der Waals surface area contributed by atoms with Crippen LogP contribution in [0.2, 0.25) is 0 Å². The van der Waals surface area contributed by atoms with Gasteiger partial charge in [-0.3, -0.25) is 4.79 Å². The van der Waals surface area contributed by atoms with E-state index in [2.05, 4.69) is 248 Å². The minimum Gasteiger partial charge on any atom is -0.466 e. The number of ether oxygens (including phenoxy) is 2. The van der Waals surface area contributed by atoms with Crippen LogP contribution in [0.25, 0.3) is 33.0 Å². The Bertz CT molecular complexity index is 3750. The number of hydrogen-bond acceptors (Lipinski definition) is 4. The van der Waals surface area contributed by atoms with Crippen LogP contribution in [0.15, 0.2) is 23.3 Å². The van der Waals surface area contributed by atoms with E-state index < -0.39 is 0 Å². The monoisotopic (exact) mass is 1350 g/mol. The average Bonchev–Trinajstić information content (AvgIpc) is 1.56. The second kappa shape index (κ2) is 35.9. The summed E-state index contributed by atoms with van der Waals surface area (Å²) in [5, 5.41) is 2.97.